The molecule has 24 heavy (non-hydrogen) atoms. The lowest BCUT2D eigenvalue weighted by atomic mass is 9.96. The summed E-state index contributed by atoms with van der Waals surface area (Å²) in [5.41, 5.74) is 2.81. The molecule has 3 aromatic carbocycles. The number of benzene rings is 3. The molecule has 1 heterocycles. The van der Waals surface area contributed by atoms with Gasteiger partial charge in [0, 0.05) is 11.1 Å². The molecule has 4 rings (SSSR count). The largest absolute Gasteiger partial charge is 0.440 e. The fraction of sp³-hybridized carbons (Fsp3) is 0.100. The lowest BCUT2D eigenvalue weighted by Gasteiger charge is -2.29. The Bertz CT molecular complexity index is 879. The van der Waals surface area contributed by atoms with E-state index in [0.717, 1.165) is 16.7 Å². The molecular weight excluding hydrogens is 343 g/mol. The molecule has 0 aromatic heterocycles. The van der Waals surface area contributed by atoms with Crippen LogP contribution in [0.25, 0.3) is 0 Å². The maximum atomic E-state index is 6.26. The monoisotopic (exact) mass is 355 g/mol. The van der Waals surface area contributed by atoms with Gasteiger partial charge in [0.1, 0.15) is 0 Å². The minimum atomic E-state index is -1.10. The zero-order valence-corrected chi connectivity index (χ0v) is 14.4. The first-order chi connectivity index (χ1) is 11.6. The van der Waals surface area contributed by atoms with Gasteiger partial charge in [-0.25, -0.2) is 0 Å². The van der Waals surface area contributed by atoms with E-state index in [4.69, 9.17) is 32.7 Å². The molecule has 0 saturated carbocycles. The second-order valence-corrected chi connectivity index (χ2v) is 6.50. The number of ether oxygens (including phenoxy) is 2. The normalized spacial score (nSPS) is 14.6. The molecule has 0 amide bonds. The van der Waals surface area contributed by atoms with Gasteiger partial charge >= 0.3 is 5.79 Å². The molecule has 0 fully saturated rings. The Balaban J connectivity index is 1.91. The van der Waals surface area contributed by atoms with Crippen LogP contribution < -0.4 is 9.47 Å². The molecule has 1 unspecified atom stereocenters. The minimum Gasteiger partial charge on any atom is -0.440 e. The van der Waals surface area contributed by atoms with Gasteiger partial charge in [-0.3, -0.25) is 0 Å². The van der Waals surface area contributed by atoms with E-state index in [1.807, 2.05) is 43.3 Å². The molecular formula is C20H13Cl2O2. The molecule has 1 aliphatic heterocycles. The molecule has 4 heteroatoms. The van der Waals surface area contributed by atoms with E-state index in [-0.39, 0.29) is 0 Å². The standard InChI is InChI=1S/C20H13Cl2O2/c1-13-6-8-14(9-7-13)20(15-10-11-16(21)17(22)12-15)23-18-4-2-3-5-19(18)24-20/h2,4-12H,1H3. The minimum absolute atomic E-state index is 0.454. The first-order valence-electron chi connectivity index (χ1n) is 7.49. The quantitative estimate of drug-likeness (QED) is 0.580. The lowest BCUT2D eigenvalue weighted by molar-refractivity contribution is -0.0459. The molecule has 0 spiro atoms. The number of halogens is 2. The van der Waals surface area contributed by atoms with E-state index in [9.17, 15) is 0 Å². The summed E-state index contributed by atoms with van der Waals surface area (Å²) in [7, 11) is 0. The van der Waals surface area contributed by atoms with Gasteiger partial charge in [-0.05, 0) is 43.3 Å². The van der Waals surface area contributed by atoms with E-state index in [2.05, 4.69) is 6.07 Å². The Hall–Kier alpha value is -2.16. The Morgan fingerprint density at radius 1 is 0.833 bits per heavy atom. The summed E-state index contributed by atoms with van der Waals surface area (Å²) in [5.74, 6) is 0.212. The van der Waals surface area contributed by atoms with Crippen molar-refractivity contribution < 1.29 is 9.47 Å². The Kier molecular flexibility index (Phi) is 3.67. The highest BCUT2D eigenvalue weighted by Crippen LogP contribution is 2.48. The third kappa shape index (κ3) is 2.43. The van der Waals surface area contributed by atoms with Crippen molar-refractivity contribution in [3.8, 4) is 11.5 Å². The summed E-state index contributed by atoms with van der Waals surface area (Å²) in [5, 5.41) is 0.943. The van der Waals surface area contributed by atoms with Crippen LogP contribution in [0.2, 0.25) is 10.0 Å². The van der Waals surface area contributed by atoms with Gasteiger partial charge in [0.15, 0.2) is 11.5 Å². The number of fused-ring (bicyclic) bond motifs is 1. The van der Waals surface area contributed by atoms with Gasteiger partial charge in [-0.15, -0.1) is 0 Å². The van der Waals surface area contributed by atoms with Gasteiger partial charge in [0.25, 0.3) is 0 Å². The van der Waals surface area contributed by atoms with Crippen LogP contribution in [0.5, 0.6) is 11.5 Å². The van der Waals surface area contributed by atoms with Crippen LogP contribution in [0.15, 0.2) is 60.7 Å². The molecule has 0 bridgehead atoms. The van der Waals surface area contributed by atoms with Crippen LogP contribution in [-0.4, -0.2) is 0 Å². The second-order valence-electron chi connectivity index (χ2n) is 5.69. The molecule has 0 N–H and O–H groups in total. The summed E-state index contributed by atoms with van der Waals surface area (Å²) >= 11 is 12.3. The van der Waals surface area contributed by atoms with Crippen LogP contribution in [0.1, 0.15) is 16.7 Å². The lowest BCUT2D eigenvalue weighted by Crippen LogP contribution is -2.36. The zero-order valence-electron chi connectivity index (χ0n) is 12.8. The second kappa shape index (κ2) is 5.73. The molecule has 3 aromatic rings. The summed E-state index contributed by atoms with van der Waals surface area (Å²) in [6, 6.07) is 21.8. The SMILES string of the molecule is Cc1ccc(C2(c3ccc(Cl)c(Cl)c3)Oc3c[c]ccc3O2)cc1. The van der Waals surface area contributed by atoms with E-state index >= 15 is 0 Å². The number of rotatable bonds is 2. The van der Waals surface area contributed by atoms with E-state index < -0.39 is 5.79 Å². The molecule has 1 atom stereocenters. The predicted octanol–water partition coefficient (Wildman–Crippen LogP) is 5.77. The van der Waals surface area contributed by atoms with E-state index in [0.29, 0.717) is 21.5 Å². The summed E-state index contributed by atoms with van der Waals surface area (Å²) < 4.78 is 12.5. The summed E-state index contributed by atoms with van der Waals surface area (Å²) in [6.07, 6.45) is 0. The van der Waals surface area contributed by atoms with Crippen molar-refractivity contribution in [3.05, 3.63) is 93.5 Å². The Morgan fingerprint density at radius 3 is 2.25 bits per heavy atom. The summed E-state index contributed by atoms with van der Waals surface area (Å²) in [6.45, 7) is 2.04. The van der Waals surface area contributed by atoms with Gasteiger partial charge < -0.3 is 9.47 Å². The van der Waals surface area contributed by atoms with Crippen molar-refractivity contribution in [2.45, 2.75) is 12.7 Å². The van der Waals surface area contributed by atoms with Crippen LogP contribution in [0.4, 0.5) is 0 Å². The van der Waals surface area contributed by atoms with Gasteiger partial charge in [0.2, 0.25) is 0 Å². The number of hydrogen-bond acceptors (Lipinski definition) is 2. The topological polar surface area (TPSA) is 18.5 Å². The first-order valence-corrected chi connectivity index (χ1v) is 8.25. The average Bonchev–Trinajstić information content (AvgIpc) is 2.98. The molecule has 0 saturated heterocycles. The van der Waals surface area contributed by atoms with Crippen LogP contribution in [-0.2, 0) is 5.79 Å². The highest BCUT2D eigenvalue weighted by Gasteiger charge is 2.45. The fourth-order valence-electron chi connectivity index (χ4n) is 2.77. The van der Waals surface area contributed by atoms with Crippen LogP contribution in [0, 0.1) is 13.0 Å². The van der Waals surface area contributed by atoms with Crippen LogP contribution in [0.3, 0.4) is 0 Å². The van der Waals surface area contributed by atoms with E-state index in [1.165, 1.54) is 0 Å². The van der Waals surface area contributed by atoms with Gasteiger partial charge in [0.05, 0.1) is 10.0 Å². The Labute approximate surface area is 150 Å². The maximum Gasteiger partial charge on any atom is 0.305 e. The first kappa shape index (κ1) is 15.4. The predicted molar refractivity (Wildman–Crippen MR) is 95.0 cm³/mol. The van der Waals surface area contributed by atoms with Gasteiger partial charge in [-0.1, -0.05) is 59.1 Å². The van der Waals surface area contributed by atoms with Crippen molar-refractivity contribution in [1.82, 2.24) is 0 Å². The van der Waals surface area contributed by atoms with Crippen molar-refractivity contribution in [2.24, 2.45) is 0 Å². The third-order valence-electron chi connectivity index (χ3n) is 4.03. The Morgan fingerprint density at radius 2 is 1.54 bits per heavy atom. The zero-order chi connectivity index (χ0) is 16.7. The van der Waals surface area contributed by atoms with Gasteiger partial charge in [-0.2, -0.15) is 0 Å². The third-order valence-corrected chi connectivity index (χ3v) is 4.77. The summed E-state index contributed by atoms with van der Waals surface area (Å²) in [4.78, 5) is 0. The van der Waals surface area contributed by atoms with Crippen molar-refractivity contribution >= 4 is 23.2 Å². The molecule has 0 aliphatic carbocycles. The number of hydrogen-bond donors (Lipinski definition) is 0. The molecule has 2 nitrogen and oxygen atoms in total. The van der Waals surface area contributed by atoms with Crippen molar-refractivity contribution in [2.75, 3.05) is 0 Å². The molecule has 119 valence electrons. The van der Waals surface area contributed by atoms with Crippen molar-refractivity contribution in [3.63, 3.8) is 0 Å². The smallest absolute Gasteiger partial charge is 0.305 e. The average molecular weight is 356 g/mol. The highest BCUT2D eigenvalue weighted by atomic mass is 35.5. The molecule has 1 aliphatic rings. The fourth-order valence-corrected chi connectivity index (χ4v) is 3.07. The number of aryl methyl sites for hydroxylation is 1. The molecule has 1 radical (unpaired) electrons. The highest BCUT2D eigenvalue weighted by molar-refractivity contribution is 6.42. The maximum absolute atomic E-state index is 6.26. The van der Waals surface area contributed by atoms with Crippen LogP contribution >= 0.6 is 23.2 Å². The van der Waals surface area contributed by atoms with Crippen molar-refractivity contribution in [1.29, 1.82) is 0 Å². The van der Waals surface area contributed by atoms with E-state index in [1.54, 1.807) is 24.3 Å².